The average Bonchev–Trinajstić information content (AvgIpc) is 2.28. The minimum atomic E-state index is -1.10. The number of aryl methyl sites for hydroxylation is 1. The fraction of sp³-hybridized carbons (Fsp3) is 0.429. The number of rotatable bonds is 4. The molecule has 6 nitrogen and oxygen atoms in total. The quantitative estimate of drug-likeness (QED) is 0.786. The number of anilines is 1. The Morgan fingerprint density at radius 2 is 1.95 bits per heavy atom. The number of nitrogens with one attached hydrogen (secondary N) is 1. The second kappa shape index (κ2) is 5.92. The van der Waals surface area contributed by atoms with Gasteiger partial charge in [0.1, 0.15) is 0 Å². The van der Waals surface area contributed by atoms with E-state index >= 15 is 0 Å². The van der Waals surface area contributed by atoms with Gasteiger partial charge in [0.2, 0.25) is 0 Å². The number of carbonyl (C=O) groups excluding carboxylic acids is 1. The summed E-state index contributed by atoms with van der Waals surface area (Å²) in [7, 11) is 1.53. The molecule has 2 amide bonds. The van der Waals surface area contributed by atoms with Crippen molar-refractivity contribution < 1.29 is 19.8 Å². The highest BCUT2D eigenvalue weighted by Gasteiger charge is 2.21. The molecule has 0 radical (unpaired) electrons. The van der Waals surface area contributed by atoms with Crippen LogP contribution in [0.4, 0.5) is 10.5 Å². The third-order valence-corrected chi connectivity index (χ3v) is 2.71. The number of nitrogens with zero attached hydrogens (tertiary/aromatic N) is 1. The molecule has 0 saturated heterocycles. The van der Waals surface area contributed by atoms with Crippen LogP contribution in [0.3, 0.4) is 0 Å². The monoisotopic (exact) mass is 280 g/mol. The van der Waals surface area contributed by atoms with Crippen molar-refractivity contribution in [3.05, 3.63) is 29.3 Å². The van der Waals surface area contributed by atoms with Gasteiger partial charge in [0.25, 0.3) is 0 Å². The molecule has 0 aliphatic rings. The Morgan fingerprint density at radius 1 is 1.35 bits per heavy atom. The van der Waals surface area contributed by atoms with Crippen molar-refractivity contribution >= 4 is 17.7 Å². The highest BCUT2D eigenvalue weighted by Crippen LogP contribution is 2.21. The van der Waals surface area contributed by atoms with E-state index in [1.54, 1.807) is 32.9 Å². The number of carbonyl (C=O) groups is 2. The summed E-state index contributed by atoms with van der Waals surface area (Å²) in [5, 5.41) is 21.4. The van der Waals surface area contributed by atoms with E-state index in [1.165, 1.54) is 18.0 Å². The second-order valence-corrected chi connectivity index (χ2v) is 5.40. The van der Waals surface area contributed by atoms with Gasteiger partial charge in [0.15, 0.2) is 0 Å². The number of carboxylic acids is 1. The molecule has 0 bridgehead atoms. The predicted molar refractivity (Wildman–Crippen MR) is 76.1 cm³/mol. The smallest absolute Gasteiger partial charge is 0.337 e. The summed E-state index contributed by atoms with van der Waals surface area (Å²) in [6.45, 7) is 5.03. The number of para-hydroxylation sites is 1. The molecule has 6 heteroatoms. The number of amides is 2. The Labute approximate surface area is 118 Å². The molecule has 20 heavy (non-hydrogen) atoms. The molecule has 1 aromatic rings. The average molecular weight is 280 g/mol. The number of benzene rings is 1. The Bertz CT molecular complexity index is 520. The van der Waals surface area contributed by atoms with Gasteiger partial charge in [-0.05, 0) is 32.4 Å². The maximum atomic E-state index is 12.0. The molecular weight excluding hydrogens is 260 g/mol. The van der Waals surface area contributed by atoms with Gasteiger partial charge in [-0.2, -0.15) is 0 Å². The van der Waals surface area contributed by atoms with Crippen LogP contribution >= 0.6 is 0 Å². The van der Waals surface area contributed by atoms with Gasteiger partial charge >= 0.3 is 12.0 Å². The van der Waals surface area contributed by atoms with Crippen LogP contribution in [0.1, 0.15) is 29.8 Å². The number of likely N-dealkylation sites (N-methyl/N-ethyl adjacent to an activating group) is 1. The standard InChI is InChI=1S/C14H20N2O4/c1-9-6-5-7-10(12(17)18)11(9)15-13(19)16(4)8-14(2,3)20/h5-7,20H,8H2,1-4H3,(H,15,19)(H,17,18). The van der Waals surface area contributed by atoms with Gasteiger partial charge in [-0.15, -0.1) is 0 Å². The Hall–Kier alpha value is -2.08. The van der Waals surface area contributed by atoms with Crippen molar-refractivity contribution in [2.45, 2.75) is 26.4 Å². The van der Waals surface area contributed by atoms with E-state index in [0.717, 1.165) is 0 Å². The van der Waals surface area contributed by atoms with Crippen molar-refractivity contribution in [2.75, 3.05) is 18.9 Å². The van der Waals surface area contributed by atoms with Crippen molar-refractivity contribution in [3.63, 3.8) is 0 Å². The van der Waals surface area contributed by atoms with E-state index in [2.05, 4.69) is 5.32 Å². The van der Waals surface area contributed by atoms with Crippen molar-refractivity contribution in [3.8, 4) is 0 Å². The van der Waals surface area contributed by atoms with E-state index in [1.807, 2.05) is 0 Å². The molecular formula is C14H20N2O4. The summed E-state index contributed by atoms with van der Waals surface area (Å²) in [5.41, 5.74) is -0.0505. The van der Waals surface area contributed by atoms with Crippen LogP contribution < -0.4 is 5.32 Å². The highest BCUT2D eigenvalue weighted by atomic mass is 16.4. The molecule has 0 aliphatic heterocycles. The minimum absolute atomic E-state index is 0.0370. The SMILES string of the molecule is Cc1cccc(C(=O)O)c1NC(=O)N(C)CC(C)(C)O. The molecule has 0 unspecified atom stereocenters. The van der Waals surface area contributed by atoms with Crippen molar-refractivity contribution in [2.24, 2.45) is 0 Å². The fourth-order valence-electron chi connectivity index (χ4n) is 1.87. The van der Waals surface area contributed by atoms with Gasteiger partial charge in [-0.25, -0.2) is 9.59 Å². The lowest BCUT2D eigenvalue weighted by molar-refractivity contribution is 0.0550. The molecule has 0 spiro atoms. The number of aliphatic hydroxyl groups is 1. The molecule has 0 heterocycles. The van der Waals surface area contributed by atoms with E-state index in [-0.39, 0.29) is 17.8 Å². The summed E-state index contributed by atoms with van der Waals surface area (Å²) in [5.74, 6) is -1.10. The lowest BCUT2D eigenvalue weighted by atomic mass is 10.1. The lowest BCUT2D eigenvalue weighted by Crippen LogP contribution is -2.42. The summed E-state index contributed by atoms with van der Waals surface area (Å²) in [6.07, 6.45) is 0. The van der Waals surface area contributed by atoms with E-state index in [9.17, 15) is 14.7 Å². The molecule has 3 N–H and O–H groups in total. The van der Waals surface area contributed by atoms with Crippen LogP contribution in [-0.2, 0) is 0 Å². The molecule has 0 aliphatic carbocycles. The fourth-order valence-corrected chi connectivity index (χ4v) is 1.87. The number of urea groups is 1. The third kappa shape index (κ3) is 4.24. The highest BCUT2D eigenvalue weighted by molar-refractivity contribution is 6.00. The first kappa shape index (κ1) is 16.0. The van der Waals surface area contributed by atoms with E-state index in [4.69, 9.17) is 5.11 Å². The number of hydrogen-bond donors (Lipinski definition) is 3. The van der Waals surface area contributed by atoms with Crippen LogP contribution in [0.5, 0.6) is 0 Å². The topological polar surface area (TPSA) is 89.9 Å². The first-order valence-electron chi connectivity index (χ1n) is 6.19. The lowest BCUT2D eigenvalue weighted by Gasteiger charge is -2.26. The largest absolute Gasteiger partial charge is 0.478 e. The van der Waals surface area contributed by atoms with Crippen LogP contribution in [0.25, 0.3) is 0 Å². The molecule has 0 atom stereocenters. The van der Waals surface area contributed by atoms with Gasteiger partial charge in [-0.3, -0.25) is 0 Å². The Kier molecular flexibility index (Phi) is 4.73. The predicted octanol–water partition coefficient (Wildman–Crippen LogP) is 1.93. The zero-order chi connectivity index (χ0) is 15.5. The minimum Gasteiger partial charge on any atom is -0.478 e. The van der Waals surface area contributed by atoms with E-state index in [0.29, 0.717) is 5.56 Å². The van der Waals surface area contributed by atoms with Crippen LogP contribution in [0.2, 0.25) is 0 Å². The van der Waals surface area contributed by atoms with E-state index < -0.39 is 17.6 Å². The summed E-state index contributed by atoms with van der Waals surface area (Å²) < 4.78 is 0. The van der Waals surface area contributed by atoms with Crippen LogP contribution in [-0.4, -0.2) is 46.3 Å². The molecule has 110 valence electrons. The normalized spacial score (nSPS) is 11.1. The molecule has 0 saturated carbocycles. The Morgan fingerprint density at radius 3 is 2.45 bits per heavy atom. The first-order valence-corrected chi connectivity index (χ1v) is 6.19. The first-order chi connectivity index (χ1) is 9.11. The van der Waals surface area contributed by atoms with Crippen molar-refractivity contribution in [1.29, 1.82) is 0 Å². The van der Waals surface area contributed by atoms with Gasteiger partial charge in [-0.1, -0.05) is 12.1 Å². The molecule has 0 aromatic heterocycles. The van der Waals surface area contributed by atoms with Crippen molar-refractivity contribution in [1.82, 2.24) is 4.90 Å². The van der Waals surface area contributed by atoms with Crippen LogP contribution in [0, 0.1) is 6.92 Å². The zero-order valence-corrected chi connectivity index (χ0v) is 12.1. The maximum absolute atomic E-state index is 12.0. The molecule has 1 rings (SSSR count). The number of aromatic carboxylic acids is 1. The second-order valence-electron chi connectivity index (χ2n) is 5.40. The maximum Gasteiger partial charge on any atom is 0.337 e. The third-order valence-electron chi connectivity index (χ3n) is 2.71. The molecule has 1 aromatic carbocycles. The van der Waals surface area contributed by atoms with Gasteiger partial charge in [0.05, 0.1) is 23.4 Å². The van der Waals surface area contributed by atoms with Gasteiger partial charge < -0.3 is 20.4 Å². The summed E-state index contributed by atoms with van der Waals surface area (Å²) >= 11 is 0. The summed E-state index contributed by atoms with van der Waals surface area (Å²) in [6, 6.07) is 4.30. The number of carboxylic acid groups (broad SMARTS) is 1. The summed E-state index contributed by atoms with van der Waals surface area (Å²) in [4.78, 5) is 24.5. The Balaban J connectivity index is 2.94. The molecule has 0 fully saturated rings. The zero-order valence-electron chi connectivity index (χ0n) is 12.1. The van der Waals surface area contributed by atoms with Gasteiger partial charge in [0, 0.05) is 7.05 Å². The van der Waals surface area contributed by atoms with Crippen LogP contribution in [0.15, 0.2) is 18.2 Å². The number of hydrogen-bond acceptors (Lipinski definition) is 3.